The Balaban J connectivity index is 0.00000133. The number of aromatic nitrogens is 1. The number of aliphatic hydroxyl groups is 1. The lowest BCUT2D eigenvalue weighted by Crippen LogP contribution is -2.39. The van der Waals surface area contributed by atoms with Crippen LogP contribution in [0, 0.1) is 0 Å². The van der Waals surface area contributed by atoms with E-state index in [0.717, 1.165) is 29.6 Å². The van der Waals surface area contributed by atoms with E-state index < -0.39 is 6.10 Å². The van der Waals surface area contributed by atoms with Gasteiger partial charge in [-0.2, -0.15) is 0 Å². The van der Waals surface area contributed by atoms with Crippen molar-refractivity contribution in [2.45, 2.75) is 31.4 Å². The molecule has 19 heavy (non-hydrogen) atoms. The Morgan fingerprint density at radius 1 is 1.16 bits per heavy atom. The maximum atomic E-state index is 10.4. The summed E-state index contributed by atoms with van der Waals surface area (Å²) in [6.07, 6.45) is 2.90. The van der Waals surface area contributed by atoms with Crippen LogP contribution in [0.4, 0.5) is 0 Å². The normalized spacial score (nSPS) is 20.8. The summed E-state index contributed by atoms with van der Waals surface area (Å²) in [7, 11) is 0. The quantitative estimate of drug-likeness (QED) is 0.893. The van der Waals surface area contributed by atoms with E-state index in [0.29, 0.717) is 0 Å². The van der Waals surface area contributed by atoms with Crippen LogP contribution >= 0.6 is 17.0 Å². The van der Waals surface area contributed by atoms with Gasteiger partial charge >= 0.3 is 0 Å². The highest BCUT2D eigenvalue weighted by atomic mass is 79.9. The van der Waals surface area contributed by atoms with Gasteiger partial charge in [-0.25, -0.2) is 0 Å². The average Bonchev–Trinajstić information content (AvgIpc) is 2.47. The van der Waals surface area contributed by atoms with Gasteiger partial charge in [0.25, 0.3) is 0 Å². The Hall–Kier alpha value is -0.970. The number of piperidine rings is 1. The third-order valence-corrected chi connectivity index (χ3v) is 3.65. The van der Waals surface area contributed by atoms with Crippen molar-refractivity contribution in [3.05, 3.63) is 42.1 Å². The average molecular weight is 323 g/mol. The Bertz CT molecular complexity index is 540. The number of hydrogen-bond acceptors (Lipinski definition) is 3. The lowest BCUT2D eigenvalue weighted by molar-refractivity contribution is 0.110. The van der Waals surface area contributed by atoms with Gasteiger partial charge in [0.1, 0.15) is 6.10 Å². The van der Waals surface area contributed by atoms with Crippen molar-refractivity contribution >= 4 is 27.9 Å². The smallest absolute Gasteiger partial charge is 0.111 e. The second kappa shape index (κ2) is 6.46. The molecule has 4 heteroatoms. The molecule has 2 atom stereocenters. The van der Waals surface area contributed by atoms with Crippen molar-refractivity contribution in [3.63, 3.8) is 0 Å². The van der Waals surface area contributed by atoms with Gasteiger partial charge < -0.3 is 10.4 Å². The van der Waals surface area contributed by atoms with Crippen molar-refractivity contribution in [2.75, 3.05) is 6.54 Å². The molecule has 2 aromatic rings. The predicted molar refractivity (Wildman–Crippen MR) is 82.7 cm³/mol. The second-order valence-electron chi connectivity index (χ2n) is 4.93. The third-order valence-electron chi connectivity index (χ3n) is 3.65. The van der Waals surface area contributed by atoms with E-state index in [-0.39, 0.29) is 23.0 Å². The van der Waals surface area contributed by atoms with Crippen LogP contribution in [0.25, 0.3) is 10.9 Å². The molecule has 0 amide bonds. The number of fused-ring (bicyclic) bond motifs is 1. The number of aliphatic hydroxyl groups excluding tert-OH is 1. The molecule has 0 radical (unpaired) electrons. The molecule has 0 bridgehead atoms. The van der Waals surface area contributed by atoms with E-state index >= 15 is 0 Å². The zero-order valence-electron chi connectivity index (χ0n) is 10.7. The topological polar surface area (TPSA) is 45.2 Å². The number of nitrogens with zero attached hydrogens (tertiary/aromatic N) is 1. The maximum Gasteiger partial charge on any atom is 0.111 e. The fraction of sp³-hybridized carbons (Fsp3) is 0.400. The van der Waals surface area contributed by atoms with Gasteiger partial charge in [-0.1, -0.05) is 30.7 Å². The number of rotatable bonds is 2. The summed E-state index contributed by atoms with van der Waals surface area (Å²) in [5.41, 5.74) is 1.72. The minimum atomic E-state index is -0.505. The molecule has 2 heterocycles. The molecular formula is C15H19BrN2O. The first-order valence-electron chi connectivity index (χ1n) is 6.62. The van der Waals surface area contributed by atoms with E-state index in [4.69, 9.17) is 0 Å². The zero-order chi connectivity index (χ0) is 12.4. The molecular weight excluding hydrogens is 304 g/mol. The second-order valence-corrected chi connectivity index (χ2v) is 4.93. The third kappa shape index (κ3) is 3.14. The Kier molecular flexibility index (Phi) is 4.91. The van der Waals surface area contributed by atoms with Crippen LogP contribution < -0.4 is 5.32 Å². The van der Waals surface area contributed by atoms with E-state index in [2.05, 4.69) is 10.3 Å². The van der Waals surface area contributed by atoms with Gasteiger partial charge in [-0.3, -0.25) is 4.98 Å². The van der Waals surface area contributed by atoms with Crippen molar-refractivity contribution in [2.24, 2.45) is 0 Å². The first-order valence-corrected chi connectivity index (χ1v) is 6.62. The van der Waals surface area contributed by atoms with Gasteiger partial charge in [0.2, 0.25) is 0 Å². The molecule has 1 aliphatic heterocycles. The number of halogens is 1. The van der Waals surface area contributed by atoms with Gasteiger partial charge in [-0.15, -0.1) is 17.0 Å². The van der Waals surface area contributed by atoms with E-state index in [1.165, 1.54) is 12.8 Å². The van der Waals surface area contributed by atoms with Crippen LogP contribution in [0.15, 0.2) is 36.4 Å². The SMILES string of the molecule is Br.OC(c1ccc2ccccc2n1)C1CCCCN1. The number of benzene rings is 1. The van der Waals surface area contributed by atoms with Crippen molar-refractivity contribution in [1.82, 2.24) is 10.3 Å². The molecule has 0 spiro atoms. The van der Waals surface area contributed by atoms with E-state index in [9.17, 15) is 5.11 Å². The summed E-state index contributed by atoms with van der Waals surface area (Å²) in [4.78, 5) is 4.56. The molecule has 0 saturated carbocycles. The monoisotopic (exact) mass is 322 g/mol. The minimum absolute atomic E-state index is 0. The number of para-hydroxylation sites is 1. The molecule has 1 saturated heterocycles. The molecule has 3 rings (SSSR count). The fourth-order valence-electron chi connectivity index (χ4n) is 2.60. The van der Waals surface area contributed by atoms with Crippen LogP contribution in [-0.4, -0.2) is 22.7 Å². The van der Waals surface area contributed by atoms with Gasteiger partial charge in [0.15, 0.2) is 0 Å². The number of nitrogens with one attached hydrogen (secondary N) is 1. The van der Waals surface area contributed by atoms with Crippen LogP contribution in [0.1, 0.15) is 31.1 Å². The van der Waals surface area contributed by atoms with Crippen LogP contribution in [0.2, 0.25) is 0 Å². The van der Waals surface area contributed by atoms with Gasteiger partial charge in [-0.05, 0) is 31.5 Å². The molecule has 2 unspecified atom stereocenters. The van der Waals surface area contributed by atoms with Crippen LogP contribution in [0.5, 0.6) is 0 Å². The standard InChI is InChI=1S/C15H18N2O.BrH/c18-15(13-7-3-4-10-16-13)14-9-8-11-5-1-2-6-12(11)17-14;/h1-2,5-6,8-9,13,15-16,18H,3-4,7,10H2;1H. The summed E-state index contributed by atoms with van der Waals surface area (Å²) in [5.74, 6) is 0. The Labute approximate surface area is 123 Å². The summed E-state index contributed by atoms with van der Waals surface area (Å²) >= 11 is 0. The predicted octanol–water partition coefficient (Wildman–Crippen LogP) is 2.99. The number of hydrogen-bond donors (Lipinski definition) is 2. The Morgan fingerprint density at radius 3 is 2.79 bits per heavy atom. The maximum absolute atomic E-state index is 10.4. The molecule has 2 N–H and O–H groups in total. The molecule has 1 aromatic carbocycles. The highest BCUT2D eigenvalue weighted by molar-refractivity contribution is 8.93. The van der Waals surface area contributed by atoms with E-state index in [1.807, 2.05) is 36.4 Å². The first-order chi connectivity index (χ1) is 8.84. The molecule has 1 fully saturated rings. The molecule has 0 aliphatic carbocycles. The highest BCUT2D eigenvalue weighted by Crippen LogP contribution is 2.23. The summed E-state index contributed by atoms with van der Waals surface area (Å²) < 4.78 is 0. The summed E-state index contributed by atoms with van der Waals surface area (Å²) in [6, 6.07) is 12.1. The molecule has 3 nitrogen and oxygen atoms in total. The van der Waals surface area contributed by atoms with Crippen molar-refractivity contribution in [3.8, 4) is 0 Å². The Morgan fingerprint density at radius 2 is 2.00 bits per heavy atom. The summed E-state index contributed by atoms with van der Waals surface area (Å²) in [5, 5.41) is 14.9. The largest absolute Gasteiger partial charge is 0.385 e. The molecule has 1 aliphatic rings. The van der Waals surface area contributed by atoms with E-state index in [1.54, 1.807) is 0 Å². The van der Waals surface area contributed by atoms with Crippen molar-refractivity contribution in [1.29, 1.82) is 0 Å². The fourth-order valence-corrected chi connectivity index (χ4v) is 2.60. The first kappa shape index (κ1) is 14.4. The summed E-state index contributed by atoms with van der Waals surface area (Å²) in [6.45, 7) is 0.995. The van der Waals surface area contributed by atoms with Crippen LogP contribution in [0.3, 0.4) is 0 Å². The lowest BCUT2D eigenvalue weighted by atomic mass is 9.97. The van der Waals surface area contributed by atoms with Gasteiger partial charge in [0.05, 0.1) is 11.2 Å². The minimum Gasteiger partial charge on any atom is -0.385 e. The zero-order valence-corrected chi connectivity index (χ0v) is 12.5. The molecule has 102 valence electrons. The van der Waals surface area contributed by atoms with Crippen molar-refractivity contribution < 1.29 is 5.11 Å². The molecule has 1 aromatic heterocycles. The number of pyridine rings is 1. The van der Waals surface area contributed by atoms with Crippen LogP contribution in [-0.2, 0) is 0 Å². The lowest BCUT2D eigenvalue weighted by Gasteiger charge is -2.27. The highest BCUT2D eigenvalue weighted by Gasteiger charge is 2.23. The van der Waals surface area contributed by atoms with Gasteiger partial charge in [0, 0.05) is 11.4 Å².